The van der Waals surface area contributed by atoms with Crippen molar-refractivity contribution in [3.63, 3.8) is 0 Å². The quantitative estimate of drug-likeness (QED) is 0.914. The molecule has 1 aromatic heterocycles. The van der Waals surface area contributed by atoms with E-state index in [1.807, 2.05) is 11.9 Å². The molecule has 1 N–H and O–H groups in total. The van der Waals surface area contributed by atoms with Crippen molar-refractivity contribution in [2.45, 2.75) is 19.3 Å². The number of hydrogen-bond acceptors (Lipinski definition) is 4. The Bertz CT molecular complexity index is 676. The molecule has 128 valence electrons. The molecule has 1 aliphatic heterocycles. The van der Waals surface area contributed by atoms with Gasteiger partial charge in [-0.2, -0.15) is 0 Å². The van der Waals surface area contributed by atoms with Gasteiger partial charge in [0.2, 0.25) is 11.8 Å². The highest BCUT2D eigenvalue weighted by atomic mass is 19.1. The highest BCUT2D eigenvalue weighted by Crippen LogP contribution is 2.20. The smallest absolute Gasteiger partial charge is 0.228 e. The van der Waals surface area contributed by atoms with Crippen molar-refractivity contribution in [3.05, 3.63) is 42.0 Å². The SMILES string of the molecule is CNCC1CCN(C(=O)Cc2coc(-c3ccc(F)cc3)n2)CC1. The van der Waals surface area contributed by atoms with Crippen molar-refractivity contribution in [1.82, 2.24) is 15.2 Å². The van der Waals surface area contributed by atoms with Crippen molar-refractivity contribution in [3.8, 4) is 11.5 Å². The molecule has 0 saturated carbocycles. The number of carbonyl (C=O) groups is 1. The Morgan fingerprint density at radius 3 is 2.71 bits per heavy atom. The number of amides is 1. The molecule has 2 heterocycles. The largest absolute Gasteiger partial charge is 0.444 e. The van der Waals surface area contributed by atoms with E-state index >= 15 is 0 Å². The number of benzene rings is 1. The van der Waals surface area contributed by atoms with Crippen LogP contribution in [0.5, 0.6) is 0 Å². The van der Waals surface area contributed by atoms with Crippen LogP contribution in [0.1, 0.15) is 18.5 Å². The molecule has 0 spiro atoms. The van der Waals surface area contributed by atoms with E-state index in [1.165, 1.54) is 18.4 Å². The van der Waals surface area contributed by atoms with Crippen LogP contribution < -0.4 is 5.32 Å². The summed E-state index contributed by atoms with van der Waals surface area (Å²) in [5.41, 5.74) is 1.31. The zero-order valence-corrected chi connectivity index (χ0v) is 13.8. The highest BCUT2D eigenvalue weighted by molar-refractivity contribution is 5.78. The average molecular weight is 331 g/mol. The summed E-state index contributed by atoms with van der Waals surface area (Å²) in [6, 6.07) is 5.94. The molecule has 1 fully saturated rings. The molecule has 1 aliphatic rings. The molecule has 0 bridgehead atoms. The van der Waals surface area contributed by atoms with E-state index in [4.69, 9.17) is 4.42 Å². The first-order chi connectivity index (χ1) is 11.7. The summed E-state index contributed by atoms with van der Waals surface area (Å²) in [5, 5.41) is 3.19. The minimum Gasteiger partial charge on any atom is -0.444 e. The van der Waals surface area contributed by atoms with E-state index in [9.17, 15) is 9.18 Å². The fourth-order valence-electron chi connectivity index (χ4n) is 3.06. The van der Waals surface area contributed by atoms with E-state index in [1.54, 1.807) is 12.1 Å². The van der Waals surface area contributed by atoms with Gasteiger partial charge in [-0.25, -0.2) is 9.37 Å². The zero-order valence-electron chi connectivity index (χ0n) is 13.8. The lowest BCUT2D eigenvalue weighted by atomic mass is 9.96. The second-order valence-corrected chi connectivity index (χ2v) is 6.21. The summed E-state index contributed by atoms with van der Waals surface area (Å²) in [4.78, 5) is 18.6. The Morgan fingerprint density at radius 1 is 1.33 bits per heavy atom. The number of oxazole rings is 1. The molecular weight excluding hydrogens is 309 g/mol. The first kappa shape index (κ1) is 16.6. The lowest BCUT2D eigenvalue weighted by Gasteiger charge is -2.31. The summed E-state index contributed by atoms with van der Waals surface area (Å²) in [5.74, 6) is 0.834. The van der Waals surface area contributed by atoms with Crippen molar-refractivity contribution in [2.75, 3.05) is 26.7 Å². The molecular formula is C18H22FN3O2. The second kappa shape index (κ2) is 7.57. The molecule has 1 saturated heterocycles. The number of rotatable bonds is 5. The lowest BCUT2D eigenvalue weighted by molar-refractivity contribution is -0.131. The maximum atomic E-state index is 13.0. The van der Waals surface area contributed by atoms with Crippen LogP contribution in [0.3, 0.4) is 0 Å². The Labute approximate surface area is 140 Å². The number of likely N-dealkylation sites (tertiary alicyclic amines) is 1. The maximum Gasteiger partial charge on any atom is 0.228 e. The monoisotopic (exact) mass is 331 g/mol. The number of nitrogens with one attached hydrogen (secondary N) is 1. The normalized spacial score (nSPS) is 15.7. The molecule has 1 aromatic carbocycles. The van der Waals surface area contributed by atoms with E-state index in [-0.39, 0.29) is 18.1 Å². The Balaban J connectivity index is 1.57. The second-order valence-electron chi connectivity index (χ2n) is 6.21. The van der Waals surface area contributed by atoms with Gasteiger partial charge >= 0.3 is 0 Å². The van der Waals surface area contributed by atoms with Crippen LogP contribution in [-0.4, -0.2) is 42.5 Å². The van der Waals surface area contributed by atoms with E-state index in [2.05, 4.69) is 10.3 Å². The Morgan fingerprint density at radius 2 is 2.04 bits per heavy atom. The van der Waals surface area contributed by atoms with E-state index in [0.29, 0.717) is 23.1 Å². The lowest BCUT2D eigenvalue weighted by Crippen LogP contribution is -2.41. The molecule has 5 nitrogen and oxygen atoms in total. The van der Waals surface area contributed by atoms with Gasteiger partial charge in [0.15, 0.2) is 0 Å². The fraction of sp³-hybridized carbons (Fsp3) is 0.444. The van der Waals surface area contributed by atoms with Gasteiger partial charge < -0.3 is 14.6 Å². The molecule has 0 atom stereocenters. The van der Waals surface area contributed by atoms with Crippen LogP contribution >= 0.6 is 0 Å². The van der Waals surface area contributed by atoms with Gasteiger partial charge in [0.25, 0.3) is 0 Å². The van der Waals surface area contributed by atoms with Crippen LogP contribution in [0.25, 0.3) is 11.5 Å². The number of carbonyl (C=O) groups excluding carboxylic acids is 1. The van der Waals surface area contributed by atoms with E-state index < -0.39 is 0 Å². The Kier molecular flexibility index (Phi) is 5.25. The third-order valence-electron chi connectivity index (χ3n) is 4.44. The Hall–Kier alpha value is -2.21. The van der Waals surface area contributed by atoms with Gasteiger partial charge in [0.05, 0.1) is 12.1 Å². The van der Waals surface area contributed by atoms with Gasteiger partial charge in [0.1, 0.15) is 12.1 Å². The minimum atomic E-state index is -0.303. The molecule has 3 rings (SSSR count). The molecule has 1 amide bonds. The summed E-state index contributed by atoms with van der Waals surface area (Å²) in [6.45, 7) is 2.61. The standard InChI is InChI=1S/C18H22FN3O2/c1-20-11-13-6-8-22(9-7-13)17(23)10-16-12-24-18(21-16)14-2-4-15(19)5-3-14/h2-5,12-13,20H,6-11H2,1H3. The first-order valence-corrected chi connectivity index (χ1v) is 8.28. The predicted molar refractivity (Wildman–Crippen MR) is 88.8 cm³/mol. The summed E-state index contributed by atoms with van der Waals surface area (Å²) >= 11 is 0. The van der Waals surface area contributed by atoms with Gasteiger partial charge in [-0.1, -0.05) is 0 Å². The summed E-state index contributed by atoms with van der Waals surface area (Å²) in [6.07, 6.45) is 3.81. The maximum absolute atomic E-state index is 13.0. The van der Waals surface area contributed by atoms with Crippen molar-refractivity contribution >= 4 is 5.91 Å². The molecule has 2 aromatic rings. The number of nitrogens with zero attached hydrogens (tertiary/aromatic N) is 2. The van der Waals surface area contributed by atoms with Gasteiger partial charge in [-0.3, -0.25) is 4.79 Å². The van der Waals surface area contributed by atoms with Crippen LogP contribution in [0.4, 0.5) is 4.39 Å². The zero-order chi connectivity index (χ0) is 16.9. The topological polar surface area (TPSA) is 58.4 Å². The van der Waals surface area contributed by atoms with Gasteiger partial charge in [-0.05, 0) is 56.6 Å². The van der Waals surface area contributed by atoms with Gasteiger partial charge in [0, 0.05) is 18.7 Å². The summed E-state index contributed by atoms with van der Waals surface area (Å²) in [7, 11) is 1.96. The van der Waals surface area contributed by atoms with Crippen molar-refractivity contribution < 1.29 is 13.6 Å². The number of hydrogen-bond donors (Lipinski definition) is 1. The predicted octanol–water partition coefficient (Wildman–Crippen LogP) is 2.48. The van der Waals surface area contributed by atoms with Crippen LogP contribution in [-0.2, 0) is 11.2 Å². The molecule has 0 aliphatic carbocycles. The molecule has 0 unspecified atom stereocenters. The average Bonchev–Trinajstić information content (AvgIpc) is 3.05. The van der Waals surface area contributed by atoms with Crippen molar-refractivity contribution in [2.24, 2.45) is 5.92 Å². The number of aromatic nitrogens is 1. The third kappa shape index (κ3) is 4.00. The molecule has 0 radical (unpaired) electrons. The van der Waals surface area contributed by atoms with Gasteiger partial charge in [-0.15, -0.1) is 0 Å². The fourth-order valence-corrected chi connectivity index (χ4v) is 3.06. The highest BCUT2D eigenvalue weighted by Gasteiger charge is 2.23. The molecule has 24 heavy (non-hydrogen) atoms. The molecule has 6 heteroatoms. The van der Waals surface area contributed by atoms with Crippen molar-refractivity contribution in [1.29, 1.82) is 0 Å². The third-order valence-corrected chi connectivity index (χ3v) is 4.44. The number of piperidine rings is 1. The minimum absolute atomic E-state index is 0.0804. The first-order valence-electron chi connectivity index (χ1n) is 8.28. The van der Waals surface area contributed by atoms with E-state index in [0.717, 1.165) is 32.5 Å². The number of halogens is 1. The summed E-state index contributed by atoms with van der Waals surface area (Å²) < 4.78 is 18.4. The van der Waals surface area contributed by atoms with Crippen LogP contribution in [0, 0.1) is 11.7 Å². The van der Waals surface area contributed by atoms with Crippen LogP contribution in [0.2, 0.25) is 0 Å². The van der Waals surface area contributed by atoms with Crippen LogP contribution in [0.15, 0.2) is 34.9 Å².